The molecule has 19 heavy (non-hydrogen) atoms. The molecule has 98 valence electrons. The van der Waals surface area contributed by atoms with Crippen molar-refractivity contribution in [2.75, 3.05) is 0 Å². The summed E-state index contributed by atoms with van der Waals surface area (Å²) >= 11 is 5.29. The van der Waals surface area contributed by atoms with Gasteiger partial charge >= 0.3 is 0 Å². The summed E-state index contributed by atoms with van der Waals surface area (Å²) in [5.41, 5.74) is 2.98. The summed E-state index contributed by atoms with van der Waals surface area (Å²) in [6, 6.07) is 9.52. The van der Waals surface area contributed by atoms with Gasteiger partial charge in [0, 0.05) is 17.5 Å². The van der Waals surface area contributed by atoms with Gasteiger partial charge in [0.25, 0.3) is 5.56 Å². The van der Waals surface area contributed by atoms with Crippen LogP contribution in [0.4, 0.5) is 0 Å². The number of aryl methyl sites for hydroxylation is 2. The molecule has 0 aliphatic rings. The molecule has 1 aromatic heterocycles. The number of aromatic amines is 1. The van der Waals surface area contributed by atoms with Crippen LogP contribution in [0.5, 0.6) is 0 Å². The molecule has 2 rings (SSSR count). The minimum Gasteiger partial charge on any atom is -0.281 e. The van der Waals surface area contributed by atoms with E-state index in [4.69, 9.17) is 11.6 Å². The molecule has 0 unspecified atom stereocenters. The minimum absolute atomic E-state index is 0.141. The summed E-state index contributed by atoms with van der Waals surface area (Å²) in [5.74, 6) is 0. The van der Waals surface area contributed by atoms with Crippen LogP contribution in [0, 0.1) is 6.92 Å². The molecular formula is C14H13ClN2O2. The zero-order valence-corrected chi connectivity index (χ0v) is 11.2. The smallest absolute Gasteiger partial charge is 0.267 e. The normalized spacial score (nSPS) is 10.4. The van der Waals surface area contributed by atoms with Gasteiger partial charge in [0.2, 0.25) is 5.24 Å². The van der Waals surface area contributed by atoms with Crippen molar-refractivity contribution in [1.29, 1.82) is 0 Å². The maximum absolute atomic E-state index is 11.6. The van der Waals surface area contributed by atoms with Crippen molar-refractivity contribution < 1.29 is 4.79 Å². The van der Waals surface area contributed by atoms with Crippen molar-refractivity contribution in [3.63, 3.8) is 0 Å². The molecule has 4 nitrogen and oxygen atoms in total. The van der Waals surface area contributed by atoms with E-state index >= 15 is 0 Å². The first-order valence-corrected chi connectivity index (χ1v) is 6.28. The Morgan fingerprint density at radius 2 is 2.00 bits per heavy atom. The fourth-order valence-corrected chi connectivity index (χ4v) is 1.83. The lowest BCUT2D eigenvalue weighted by molar-refractivity contribution is -0.111. The van der Waals surface area contributed by atoms with Gasteiger partial charge in [0.15, 0.2) is 0 Å². The first-order chi connectivity index (χ1) is 9.06. The standard InChI is InChI=1S/C14H13ClN2O2/c1-9-2-4-10(5-3-9)12-8-11(6-7-13(15)18)14(19)17-16-12/h2-5,8H,6-7H2,1H3,(H,17,19). The van der Waals surface area contributed by atoms with Crippen LogP contribution in [0.25, 0.3) is 11.3 Å². The maximum Gasteiger partial charge on any atom is 0.267 e. The van der Waals surface area contributed by atoms with E-state index in [0.717, 1.165) is 11.1 Å². The van der Waals surface area contributed by atoms with Crippen molar-refractivity contribution in [2.45, 2.75) is 19.8 Å². The largest absolute Gasteiger partial charge is 0.281 e. The molecule has 0 saturated carbocycles. The second-order valence-electron chi connectivity index (χ2n) is 4.33. The first-order valence-electron chi connectivity index (χ1n) is 5.90. The quantitative estimate of drug-likeness (QED) is 0.873. The monoisotopic (exact) mass is 276 g/mol. The van der Waals surface area contributed by atoms with Gasteiger partial charge in [-0.2, -0.15) is 5.10 Å². The SMILES string of the molecule is Cc1ccc(-c2cc(CCC(=O)Cl)c(=O)[nH]n2)cc1. The van der Waals surface area contributed by atoms with Crippen molar-refractivity contribution in [1.82, 2.24) is 10.2 Å². The van der Waals surface area contributed by atoms with Crippen LogP contribution in [-0.2, 0) is 11.2 Å². The van der Waals surface area contributed by atoms with E-state index in [-0.39, 0.29) is 12.0 Å². The summed E-state index contributed by atoms with van der Waals surface area (Å²) in [5, 5.41) is 6.01. The number of hydrogen-bond acceptors (Lipinski definition) is 3. The second-order valence-corrected chi connectivity index (χ2v) is 4.75. The number of halogens is 1. The molecule has 0 fully saturated rings. The van der Waals surface area contributed by atoms with E-state index in [9.17, 15) is 9.59 Å². The van der Waals surface area contributed by atoms with Gasteiger partial charge in [-0.15, -0.1) is 0 Å². The van der Waals surface area contributed by atoms with Crippen LogP contribution < -0.4 is 5.56 Å². The molecule has 0 saturated heterocycles. The highest BCUT2D eigenvalue weighted by Crippen LogP contribution is 2.17. The van der Waals surface area contributed by atoms with Gasteiger partial charge in [0.05, 0.1) is 5.69 Å². The molecule has 0 bridgehead atoms. The summed E-state index contributed by atoms with van der Waals surface area (Å²) in [4.78, 5) is 22.4. The third-order valence-electron chi connectivity index (χ3n) is 2.82. The number of H-pyrrole nitrogens is 1. The van der Waals surface area contributed by atoms with E-state index in [2.05, 4.69) is 10.2 Å². The van der Waals surface area contributed by atoms with E-state index in [1.165, 1.54) is 0 Å². The highest BCUT2D eigenvalue weighted by Gasteiger charge is 2.07. The Balaban J connectivity index is 2.32. The summed E-state index contributed by atoms with van der Waals surface area (Å²) in [6.45, 7) is 2.00. The lowest BCUT2D eigenvalue weighted by Gasteiger charge is -2.03. The Morgan fingerprint density at radius 1 is 1.32 bits per heavy atom. The van der Waals surface area contributed by atoms with E-state index in [0.29, 0.717) is 17.7 Å². The van der Waals surface area contributed by atoms with Crippen LogP contribution in [-0.4, -0.2) is 15.4 Å². The third-order valence-corrected chi connectivity index (χ3v) is 3.01. The van der Waals surface area contributed by atoms with Crippen molar-refractivity contribution >= 4 is 16.8 Å². The van der Waals surface area contributed by atoms with Gasteiger partial charge in [-0.3, -0.25) is 9.59 Å². The zero-order valence-electron chi connectivity index (χ0n) is 10.4. The molecule has 0 spiro atoms. The minimum atomic E-state index is -0.451. The lowest BCUT2D eigenvalue weighted by atomic mass is 10.1. The summed E-state index contributed by atoms with van der Waals surface area (Å²) in [6.07, 6.45) is 0.459. The number of carbonyl (C=O) groups is 1. The average molecular weight is 277 g/mol. The molecule has 0 aliphatic heterocycles. The van der Waals surface area contributed by atoms with Gasteiger partial charge in [-0.05, 0) is 31.0 Å². The molecular weight excluding hydrogens is 264 g/mol. The maximum atomic E-state index is 11.6. The van der Waals surface area contributed by atoms with Crippen LogP contribution in [0.2, 0.25) is 0 Å². The van der Waals surface area contributed by atoms with Crippen LogP contribution in [0.3, 0.4) is 0 Å². The fourth-order valence-electron chi connectivity index (χ4n) is 1.74. The Kier molecular flexibility index (Phi) is 4.12. The van der Waals surface area contributed by atoms with Crippen LogP contribution in [0.15, 0.2) is 35.1 Å². The number of rotatable bonds is 4. The van der Waals surface area contributed by atoms with E-state index in [1.807, 2.05) is 31.2 Å². The zero-order chi connectivity index (χ0) is 13.8. The molecule has 0 radical (unpaired) electrons. The number of nitrogens with one attached hydrogen (secondary N) is 1. The van der Waals surface area contributed by atoms with Crippen molar-refractivity contribution in [3.8, 4) is 11.3 Å². The molecule has 1 aromatic carbocycles. The molecule has 5 heteroatoms. The number of carbonyl (C=O) groups excluding carboxylic acids is 1. The van der Waals surface area contributed by atoms with E-state index in [1.54, 1.807) is 6.07 Å². The Bertz CT molecular complexity index is 647. The van der Waals surface area contributed by atoms with Gasteiger partial charge in [0.1, 0.15) is 0 Å². The number of hydrogen-bond donors (Lipinski definition) is 1. The molecule has 0 atom stereocenters. The highest BCUT2D eigenvalue weighted by molar-refractivity contribution is 6.63. The summed E-state index contributed by atoms with van der Waals surface area (Å²) in [7, 11) is 0. The molecule has 0 aliphatic carbocycles. The number of benzene rings is 1. The predicted octanol–water partition coefficient (Wildman–Crippen LogP) is 2.44. The van der Waals surface area contributed by atoms with Gasteiger partial charge in [-0.1, -0.05) is 29.8 Å². The number of nitrogens with zero attached hydrogens (tertiary/aromatic N) is 1. The van der Waals surface area contributed by atoms with Gasteiger partial charge in [-0.25, -0.2) is 5.10 Å². The number of aromatic nitrogens is 2. The van der Waals surface area contributed by atoms with Crippen molar-refractivity contribution in [3.05, 3.63) is 51.8 Å². The van der Waals surface area contributed by atoms with Gasteiger partial charge < -0.3 is 0 Å². The predicted molar refractivity (Wildman–Crippen MR) is 74.2 cm³/mol. The second kappa shape index (κ2) is 5.80. The van der Waals surface area contributed by atoms with Crippen LogP contribution >= 0.6 is 11.6 Å². The molecule has 0 amide bonds. The Morgan fingerprint density at radius 3 is 2.63 bits per heavy atom. The van der Waals surface area contributed by atoms with E-state index < -0.39 is 5.24 Å². The molecule has 2 aromatic rings. The van der Waals surface area contributed by atoms with Crippen LogP contribution in [0.1, 0.15) is 17.5 Å². The highest BCUT2D eigenvalue weighted by atomic mass is 35.5. The van der Waals surface area contributed by atoms with Crippen molar-refractivity contribution in [2.24, 2.45) is 0 Å². The Labute approximate surface area is 115 Å². The molecule has 1 N–H and O–H groups in total. The Hall–Kier alpha value is -1.94. The average Bonchev–Trinajstić information content (AvgIpc) is 2.39. The fraction of sp³-hybridized carbons (Fsp3) is 0.214. The topological polar surface area (TPSA) is 62.8 Å². The molecule has 1 heterocycles. The summed E-state index contributed by atoms with van der Waals surface area (Å²) < 4.78 is 0. The first kappa shape index (κ1) is 13.5. The lowest BCUT2D eigenvalue weighted by Crippen LogP contribution is -2.15. The third kappa shape index (κ3) is 3.51.